The lowest BCUT2D eigenvalue weighted by Gasteiger charge is -2.30. The van der Waals surface area contributed by atoms with Crippen molar-refractivity contribution in [2.45, 2.75) is 37.8 Å². The number of fused-ring (bicyclic) bond motifs is 2. The maximum absolute atomic E-state index is 5.72. The fourth-order valence-corrected chi connectivity index (χ4v) is 4.69. The van der Waals surface area contributed by atoms with Crippen LogP contribution in [0.2, 0.25) is 0 Å². The van der Waals surface area contributed by atoms with Gasteiger partial charge in [-0.05, 0) is 24.8 Å². The summed E-state index contributed by atoms with van der Waals surface area (Å²) in [5, 5.41) is 4.81. The van der Waals surface area contributed by atoms with E-state index in [-0.39, 0.29) is 6.04 Å². The van der Waals surface area contributed by atoms with E-state index in [1.54, 1.807) is 0 Å². The minimum atomic E-state index is 0.257. The molecule has 0 spiro atoms. The van der Waals surface area contributed by atoms with Gasteiger partial charge < -0.3 is 10.1 Å². The largest absolute Gasteiger partial charge is 0.493 e. The first-order valence-corrected chi connectivity index (χ1v) is 8.57. The van der Waals surface area contributed by atoms with Gasteiger partial charge in [-0.1, -0.05) is 36.4 Å². The van der Waals surface area contributed by atoms with Crippen molar-refractivity contribution in [3.05, 3.63) is 29.8 Å². The Balaban J connectivity index is 1.55. The Labute approximate surface area is 124 Å². The summed E-state index contributed by atoms with van der Waals surface area (Å²) in [6, 6.07) is 9.24. The summed E-state index contributed by atoms with van der Waals surface area (Å²) in [5.74, 6) is 3.11. The number of hydrogen-bond donors (Lipinski definition) is 1. The molecule has 106 valence electrons. The average Bonchev–Trinajstić information content (AvgIpc) is 2.95. The molecule has 0 bridgehead atoms. The molecule has 4 rings (SSSR count). The minimum Gasteiger partial charge on any atom is -0.493 e. The van der Waals surface area contributed by atoms with Crippen molar-refractivity contribution in [1.29, 1.82) is 0 Å². The van der Waals surface area contributed by atoms with Crippen LogP contribution in [0.4, 0.5) is 0 Å². The van der Waals surface area contributed by atoms with Gasteiger partial charge in [-0.15, -0.1) is 0 Å². The van der Waals surface area contributed by atoms with Gasteiger partial charge >= 0.3 is 0 Å². The topological polar surface area (TPSA) is 33.6 Å². The fraction of sp³-hybridized carbons (Fsp3) is 0.562. The van der Waals surface area contributed by atoms with Crippen LogP contribution in [0.25, 0.3) is 0 Å². The Morgan fingerprint density at radius 2 is 2.15 bits per heavy atom. The van der Waals surface area contributed by atoms with E-state index < -0.39 is 0 Å². The van der Waals surface area contributed by atoms with Gasteiger partial charge in [0.2, 0.25) is 0 Å². The van der Waals surface area contributed by atoms with Crippen LogP contribution in [0.1, 0.15) is 37.3 Å². The van der Waals surface area contributed by atoms with E-state index in [1.165, 1.54) is 30.6 Å². The maximum Gasteiger partial charge on any atom is 0.157 e. The average molecular weight is 288 g/mol. The highest BCUT2D eigenvalue weighted by Gasteiger charge is 2.32. The zero-order valence-corrected chi connectivity index (χ0v) is 12.4. The lowest BCUT2D eigenvalue weighted by Crippen LogP contribution is -2.41. The van der Waals surface area contributed by atoms with E-state index in [0.717, 1.165) is 29.9 Å². The highest BCUT2D eigenvalue weighted by molar-refractivity contribution is 8.13. The Bertz CT molecular complexity index is 531. The number of ether oxygens (including phenoxy) is 1. The van der Waals surface area contributed by atoms with Crippen molar-refractivity contribution in [3.63, 3.8) is 0 Å². The van der Waals surface area contributed by atoms with Gasteiger partial charge in [0.05, 0.1) is 12.6 Å². The summed E-state index contributed by atoms with van der Waals surface area (Å²) in [6.45, 7) is 0.773. The number of nitrogens with zero attached hydrogens (tertiary/aromatic N) is 1. The number of thioether (sulfide) groups is 1. The summed E-state index contributed by atoms with van der Waals surface area (Å²) >= 11 is 1.91. The van der Waals surface area contributed by atoms with Gasteiger partial charge in [-0.3, -0.25) is 4.99 Å². The maximum atomic E-state index is 5.72. The number of aliphatic imine (C=N–C) groups is 1. The lowest BCUT2D eigenvalue weighted by molar-refractivity contribution is 0.269. The Morgan fingerprint density at radius 3 is 3.15 bits per heavy atom. The molecule has 1 aromatic carbocycles. The fourth-order valence-electron chi connectivity index (χ4n) is 3.49. The molecule has 20 heavy (non-hydrogen) atoms. The second-order valence-electron chi connectivity index (χ2n) is 5.88. The number of benzene rings is 1. The SMILES string of the molecule is c1ccc2c(c1)OCCC2N=C1NC2CCCC2CS1. The monoisotopic (exact) mass is 288 g/mol. The molecule has 1 N–H and O–H groups in total. The van der Waals surface area contributed by atoms with Crippen molar-refractivity contribution in [1.82, 2.24) is 5.32 Å². The second kappa shape index (κ2) is 5.32. The van der Waals surface area contributed by atoms with E-state index in [0.29, 0.717) is 6.04 Å². The van der Waals surface area contributed by atoms with Gasteiger partial charge in [0.1, 0.15) is 5.75 Å². The molecular weight excluding hydrogens is 268 g/mol. The molecule has 3 nitrogen and oxygen atoms in total. The van der Waals surface area contributed by atoms with Crippen LogP contribution in [-0.4, -0.2) is 23.6 Å². The van der Waals surface area contributed by atoms with Gasteiger partial charge in [0.25, 0.3) is 0 Å². The van der Waals surface area contributed by atoms with Gasteiger partial charge in [-0.25, -0.2) is 0 Å². The molecule has 1 aliphatic carbocycles. The molecule has 1 saturated carbocycles. The van der Waals surface area contributed by atoms with Crippen LogP contribution in [0.3, 0.4) is 0 Å². The van der Waals surface area contributed by atoms with Crippen molar-refractivity contribution in [2.24, 2.45) is 10.9 Å². The molecular formula is C16H20N2OS. The van der Waals surface area contributed by atoms with Crippen LogP contribution >= 0.6 is 11.8 Å². The summed E-state index contributed by atoms with van der Waals surface area (Å²) in [4.78, 5) is 4.99. The molecule has 3 aliphatic rings. The van der Waals surface area contributed by atoms with E-state index in [1.807, 2.05) is 17.8 Å². The van der Waals surface area contributed by atoms with E-state index >= 15 is 0 Å². The molecule has 0 radical (unpaired) electrons. The molecule has 1 aromatic rings. The number of nitrogens with one attached hydrogen (secondary N) is 1. The Kier molecular flexibility index (Phi) is 3.34. The number of para-hydroxylation sites is 1. The van der Waals surface area contributed by atoms with E-state index in [9.17, 15) is 0 Å². The van der Waals surface area contributed by atoms with E-state index in [2.05, 4.69) is 23.5 Å². The molecule has 4 heteroatoms. The third kappa shape index (κ3) is 2.30. The molecule has 2 aliphatic heterocycles. The molecule has 0 aromatic heterocycles. The van der Waals surface area contributed by atoms with Crippen molar-refractivity contribution >= 4 is 16.9 Å². The minimum absolute atomic E-state index is 0.257. The predicted molar refractivity (Wildman–Crippen MR) is 83.5 cm³/mol. The first kappa shape index (κ1) is 12.6. The molecule has 2 heterocycles. The first-order valence-electron chi connectivity index (χ1n) is 7.59. The lowest BCUT2D eigenvalue weighted by atomic mass is 10.0. The number of amidine groups is 1. The second-order valence-corrected chi connectivity index (χ2v) is 6.89. The zero-order chi connectivity index (χ0) is 13.4. The van der Waals surface area contributed by atoms with Crippen molar-refractivity contribution in [3.8, 4) is 5.75 Å². The summed E-state index contributed by atoms with van der Waals surface area (Å²) in [5.41, 5.74) is 1.24. The standard InChI is InChI=1S/C16H20N2OS/c1-2-7-15-12(5-1)14(8-9-19-15)18-16-17-13-6-3-4-11(13)10-20-16/h1-2,5,7,11,13-14H,3-4,6,8-10H2,(H,17,18). The van der Waals surface area contributed by atoms with Crippen LogP contribution in [0.5, 0.6) is 5.75 Å². The Morgan fingerprint density at radius 1 is 1.20 bits per heavy atom. The molecule has 3 atom stereocenters. The number of hydrogen-bond acceptors (Lipinski definition) is 3. The van der Waals surface area contributed by atoms with Crippen molar-refractivity contribution < 1.29 is 4.74 Å². The smallest absolute Gasteiger partial charge is 0.157 e. The predicted octanol–water partition coefficient (Wildman–Crippen LogP) is 3.37. The van der Waals surface area contributed by atoms with Crippen LogP contribution < -0.4 is 10.1 Å². The summed E-state index contributed by atoms with van der Waals surface area (Å²) < 4.78 is 5.72. The van der Waals surface area contributed by atoms with Crippen LogP contribution in [0.15, 0.2) is 29.3 Å². The normalized spacial score (nSPS) is 34.0. The highest BCUT2D eigenvalue weighted by atomic mass is 32.2. The molecule has 1 saturated heterocycles. The Hall–Kier alpha value is -1.16. The third-order valence-electron chi connectivity index (χ3n) is 4.60. The first-order chi connectivity index (χ1) is 9.90. The zero-order valence-electron chi connectivity index (χ0n) is 11.5. The number of rotatable bonds is 1. The van der Waals surface area contributed by atoms with Crippen LogP contribution in [-0.2, 0) is 0 Å². The molecule has 3 unspecified atom stereocenters. The van der Waals surface area contributed by atoms with Gasteiger partial charge in [-0.2, -0.15) is 0 Å². The third-order valence-corrected chi connectivity index (χ3v) is 5.69. The summed E-state index contributed by atoms with van der Waals surface area (Å²) in [6.07, 6.45) is 5.06. The van der Waals surface area contributed by atoms with Gasteiger partial charge in [0.15, 0.2) is 5.17 Å². The van der Waals surface area contributed by atoms with Crippen molar-refractivity contribution in [2.75, 3.05) is 12.4 Å². The van der Waals surface area contributed by atoms with Gasteiger partial charge in [0, 0.05) is 23.8 Å². The van der Waals surface area contributed by atoms with E-state index in [4.69, 9.17) is 9.73 Å². The van der Waals surface area contributed by atoms with Crippen LogP contribution in [0, 0.1) is 5.92 Å². The highest BCUT2D eigenvalue weighted by Crippen LogP contribution is 2.37. The molecule has 2 fully saturated rings. The molecule has 0 amide bonds. The quantitative estimate of drug-likeness (QED) is 0.860. The summed E-state index contributed by atoms with van der Waals surface area (Å²) in [7, 11) is 0.